The van der Waals surface area contributed by atoms with Crippen LogP contribution >= 0.6 is 11.6 Å². The molecule has 4 nitrogen and oxygen atoms in total. The molecule has 5 heteroatoms. The number of fused-ring (bicyclic) bond motifs is 1. The molecule has 2 unspecified atom stereocenters. The zero-order valence-corrected chi connectivity index (χ0v) is 13.1. The van der Waals surface area contributed by atoms with Crippen molar-refractivity contribution in [2.75, 3.05) is 17.2 Å². The van der Waals surface area contributed by atoms with Crippen molar-refractivity contribution < 1.29 is 4.79 Å². The molecule has 2 heterocycles. The Morgan fingerprint density at radius 2 is 2.29 bits per heavy atom. The second-order valence-electron chi connectivity index (χ2n) is 6.14. The Bertz CT molecular complexity index is 541. The molecule has 2 aliphatic heterocycles. The molecule has 0 spiro atoms. The SMILES string of the molecule is CC(CC1CCCCN1)Nc1cc2c(cc1Cl)NC(=O)C2. The Morgan fingerprint density at radius 1 is 1.43 bits per heavy atom. The van der Waals surface area contributed by atoms with Gasteiger partial charge in [0.05, 0.1) is 17.1 Å². The Kier molecular flexibility index (Phi) is 4.36. The Morgan fingerprint density at radius 3 is 3.05 bits per heavy atom. The maximum atomic E-state index is 11.4. The van der Waals surface area contributed by atoms with Gasteiger partial charge in [-0.15, -0.1) is 0 Å². The third-order valence-corrected chi connectivity index (χ3v) is 4.58. The summed E-state index contributed by atoms with van der Waals surface area (Å²) in [6.45, 7) is 3.31. The quantitative estimate of drug-likeness (QED) is 0.801. The van der Waals surface area contributed by atoms with Gasteiger partial charge in [0.1, 0.15) is 0 Å². The second kappa shape index (κ2) is 6.24. The number of hydrogen-bond donors (Lipinski definition) is 3. The van der Waals surface area contributed by atoms with Gasteiger partial charge in [0.2, 0.25) is 5.91 Å². The summed E-state index contributed by atoms with van der Waals surface area (Å²) in [6, 6.07) is 4.79. The van der Waals surface area contributed by atoms with Crippen LogP contribution in [0.4, 0.5) is 11.4 Å². The fraction of sp³-hybridized carbons (Fsp3) is 0.562. The predicted octanol–water partition coefficient (Wildman–Crippen LogP) is 3.17. The van der Waals surface area contributed by atoms with E-state index in [-0.39, 0.29) is 5.91 Å². The van der Waals surface area contributed by atoms with E-state index in [0.717, 1.165) is 29.9 Å². The molecule has 0 aromatic heterocycles. The van der Waals surface area contributed by atoms with E-state index in [1.54, 1.807) is 0 Å². The van der Waals surface area contributed by atoms with Crippen LogP contribution in [0.1, 0.15) is 38.2 Å². The molecule has 1 amide bonds. The topological polar surface area (TPSA) is 53.2 Å². The smallest absolute Gasteiger partial charge is 0.228 e. The Balaban J connectivity index is 1.64. The molecule has 0 bridgehead atoms. The van der Waals surface area contributed by atoms with Gasteiger partial charge in [-0.1, -0.05) is 18.0 Å². The fourth-order valence-electron chi connectivity index (χ4n) is 3.24. The summed E-state index contributed by atoms with van der Waals surface area (Å²) in [4.78, 5) is 11.4. The highest BCUT2D eigenvalue weighted by Gasteiger charge is 2.21. The third-order valence-electron chi connectivity index (χ3n) is 4.27. The van der Waals surface area contributed by atoms with Crippen LogP contribution in [0.3, 0.4) is 0 Å². The number of hydrogen-bond acceptors (Lipinski definition) is 3. The van der Waals surface area contributed by atoms with E-state index in [2.05, 4.69) is 22.9 Å². The lowest BCUT2D eigenvalue weighted by molar-refractivity contribution is -0.115. The van der Waals surface area contributed by atoms with Crippen molar-refractivity contribution in [2.45, 2.75) is 51.1 Å². The Labute approximate surface area is 130 Å². The number of carbonyl (C=O) groups excluding carboxylic acids is 1. The molecule has 0 saturated carbocycles. The summed E-state index contributed by atoms with van der Waals surface area (Å²) in [5.74, 6) is 0.0395. The molecule has 1 fully saturated rings. The first kappa shape index (κ1) is 14.7. The van der Waals surface area contributed by atoms with E-state index in [9.17, 15) is 4.79 Å². The van der Waals surface area contributed by atoms with Gasteiger partial charge in [0, 0.05) is 17.8 Å². The van der Waals surface area contributed by atoms with Crippen molar-refractivity contribution in [1.29, 1.82) is 0 Å². The van der Waals surface area contributed by atoms with E-state index in [0.29, 0.717) is 23.5 Å². The number of anilines is 2. The van der Waals surface area contributed by atoms with E-state index in [1.165, 1.54) is 19.3 Å². The van der Waals surface area contributed by atoms with Crippen LogP contribution in [0.5, 0.6) is 0 Å². The molecule has 3 rings (SSSR count). The molecular weight excluding hydrogens is 286 g/mol. The molecular formula is C16H22ClN3O. The normalized spacial score (nSPS) is 22.6. The second-order valence-corrected chi connectivity index (χ2v) is 6.55. The molecule has 2 atom stereocenters. The molecule has 0 aliphatic carbocycles. The zero-order valence-electron chi connectivity index (χ0n) is 12.3. The lowest BCUT2D eigenvalue weighted by atomic mass is 9.98. The largest absolute Gasteiger partial charge is 0.381 e. The zero-order chi connectivity index (χ0) is 14.8. The van der Waals surface area contributed by atoms with Gasteiger partial charge in [0.15, 0.2) is 0 Å². The van der Waals surface area contributed by atoms with Crippen LogP contribution in [0.15, 0.2) is 12.1 Å². The first-order chi connectivity index (χ1) is 10.1. The lowest BCUT2D eigenvalue weighted by Gasteiger charge is -2.27. The van der Waals surface area contributed by atoms with Crippen LogP contribution < -0.4 is 16.0 Å². The first-order valence-corrected chi connectivity index (χ1v) is 8.12. The van der Waals surface area contributed by atoms with Crippen LogP contribution in [0, 0.1) is 0 Å². The van der Waals surface area contributed by atoms with Gasteiger partial charge < -0.3 is 16.0 Å². The minimum Gasteiger partial charge on any atom is -0.381 e. The molecule has 1 aromatic carbocycles. The maximum Gasteiger partial charge on any atom is 0.228 e. The summed E-state index contributed by atoms with van der Waals surface area (Å²) in [7, 11) is 0. The number of nitrogens with one attached hydrogen (secondary N) is 3. The van der Waals surface area contributed by atoms with Crippen LogP contribution in [0.2, 0.25) is 5.02 Å². The van der Waals surface area contributed by atoms with Crippen molar-refractivity contribution in [2.24, 2.45) is 0 Å². The van der Waals surface area contributed by atoms with E-state index in [1.807, 2.05) is 12.1 Å². The van der Waals surface area contributed by atoms with Crippen LogP contribution in [-0.4, -0.2) is 24.5 Å². The standard InChI is InChI=1S/C16H22ClN3O/c1-10(6-12-4-2-3-5-18-12)19-15-7-11-8-16(21)20-14(11)9-13(15)17/h7,9-10,12,18-19H,2-6,8H2,1H3,(H,20,21). The number of halogens is 1. The highest BCUT2D eigenvalue weighted by atomic mass is 35.5. The predicted molar refractivity (Wildman–Crippen MR) is 87.1 cm³/mol. The van der Waals surface area contributed by atoms with Gasteiger partial charge in [-0.25, -0.2) is 0 Å². The molecule has 114 valence electrons. The first-order valence-electron chi connectivity index (χ1n) is 7.74. The summed E-state index contributed by atoms with van der Waals surface area (Å²) in [5.41, 5.74) is 2.79. The highest BCUT2D eigenvalue weighted by Crippen LogP contribution is 2.33. The third kappa shape index (κ3) is 3.50. The number of carbonyl (C=O) groups is 1. The van der Waals surface area contributed by atoms with Crippen molar-refractivity contribution in [3.8, 4) is 0 Å². The Hall–Kier alpha value is -1.26. The number of amides is 1. The number of benzene rings is 1. The van der Waals surface area contributed by atoms with Crippen molar-refractivity contribution in [1.82, 2.24) is 5.32 Å². The average molecular weight is 308 g/mol. The monoisotopic (exact) mass is 307 g/mol. The van der Waals surface area contributed by atoms with E-state index < -0.39 is 0 Å². The minimum atomic E-state index is 0.0395. The van der Waals surface area contributed by atoms with E-state index >= 15 is 0 Å². The molecule has 1 aromatic rings. The van der Waals surface area contributed by atoms with Crippen LogP contribution in [0.25, 0.3) is 0 Å². The van der Waals surface area contributed by atoms with Crippen molar-refractivity contribution in [3.05, 3.63) is 22.7 Å². The fourth-order valence-corrected chi connectivity index (χ4v) is 3.45. The van der Waals surface area contributed by atoms with Crippen molar-refractivity contribution >= 4 is 28.9 Å². The number of rotatable bonds is 4. The van der Waals surface area contributed by atoms with E-state index in [4.69, 9.17) is 11.6 Å². The average Bonchev–Trinajstić information content (AvgIpc) is 2.79. The molecule has 2 aliphatic rings. The van der Waals surface area contributed by atoms with Gasteiger partial charge in [-0.3, -0.25) is 4.79 Å². The number of piperidine rings is 1. The van der Waals surface area contributed by atoms with Crippen LogP contribution in [-0.2, 0) is 11.2 Å². The van der Waals surface area contributed by atoms with Gasteiger partial charge in [-0.05, 0) is 50.4 Å². The molecule has 3 N–H and O–H groups in total. The maximum absolute atomic E-state index is 11.4. The van der Waals surface area contributed by atoms with Gasteiger partial charge in [-0.2, -0.15) is 0 Å². The summed E-state index contributed by atoms with van der Waals surface area (Å²) in [5, 5.41) is 10.6. The van der Waals surface area contributed by atoms with Gasteiger partial charge in [0.25, 0.3) is 0 Å². The summed E-state index contributed by atoms with van der Waals surface area (Å²) in [6.07, 6.45) is 5.39. The molecule has 21 heavy (non-hydrogen) atoms. The molecule has 0 radical (unpaired) electrons. The lowest BCUT2D eigenvalue weighted by Crippen LogP contribution is -2.37. The highest BCUT2D eigenvalue weighted by molar-refractivity contribution is 6.33. The van der Waals surface area contributed by atoms with Crippen molar-refractivity contribution in [3.63, 3.8) is 0 Å². The summed E-state index contributed by atoms with van der Waals surface area (Å²) >= 11 is 6.31. The summed E-state index contributed by atoms with van der Waals surface area (Å²) < 4.78 is 0. The molecule has 1 saturated heterocycles. The minimum absolute atomic E-state index is 0.0395. The van der Waals surface area contributed by atoms with Gasteiger partial charge >= 0.3 is 0 Å².